The van der Waals surface area contributed by atoms with E-state index in [4.69, 9.17) is 4.98 Å². The Labute approximate surface area is 155 Å². The molecule has 0 fully saturated rings. The minimum Gasteiger partial charge on any atom is -0.261 e. The normalized spacial score (nSPS) is 15.2. The molecule has 5 rings (SSSR count). The predicted octanol–water partition coefficient (Wildman–Crippen LogP) is 4.72. The van der Waals surface area contributed by atoms with Crippen LogP contribution in [-0.2, 0) is 26.3 Å². The fourth-order valence-corrected chi connectivity index (χ4v) is 4.75. The second-order valence-electron chi connectivity index (χ2n) is 7.84. The molecule has 130 valence electrons. The third-order valence-electron chi connectivity index (χ3n) is 6.16. The van der Waals surface area contributed by atoms with Gasteiger partial charge in [-0.3, -0.25) is 4.98 Å². The van der Waals surface area contributed by atoms with Gasteiger partial charge >= 0.3 is 0 Å². The van der Waals surface area contributed by atoms with E-state index in [1.54, 1.807) is 0 Å². The van der Waals surface area contributed by atoms with Crippen LogP contribution in [0.5, 0.6) is 0 Å². The summed E-state index contributed by atoms with van der Waals surface area (Å²) in [5.41, 5.74) is 12.7. The molecular weight excluding hydrogens is 316 g/mol. The average Bonchev–Trinajstić information content (AvgIpc) is 3.02. The fourth-order valence-electron chi connectivity index (χ4n) is 4.75. The Morgan fingerprint density at radius 1 is 0.923 bits per heavy atom. The Kier molecular flexibility index (Phi) is 3.66. The number of aryl methyl sites for hydroxylation is 4. The van der Waals surface area contributed by atoms with Gasteiger partial charge in [0, 0.05) is 30.4 Å². The number of hydrogen-bond acceptors (Lipinski definition) is 1. The van der Waals surface area contributed by atoms with Gasteiger partial charge in [0.15, 0.2) is 6.20 Å². The molecule has 4 bridgehead atoms. The summed E-state index contributed by atoms with van der Waals surface area (Å²) >= 11 is 0. The van der Waals surface area contributed by atoms with Crippen molar-refractivity contribution in [3.8, 4) is 22.4 Å². The molecular formula is C24H25N2+. The van der Waals surface area contributed by atoms with Crippen molar-refractivity contribution in [2.24, 2.45) is 7.05 Å². The van der Waals surface area contributed by atoms with Crippen molar-refractivity contribution in [3.05, 3.63) is 70.7 Å². The number of aromatic nitrogens is 2. The smallest absolute Gasteiger partial charge is 0.213 e. The highest BCUT2D eigenvalue weighted by molar-refractivity contribution is 5.85. The molecule has 0 atom stereocenters. The van der Waals surface area contributed by atoms with Gasteiger partial charge in [-0.1, -0.05) is 18.6 Å². The van der Waals surface area contributed by atoms with Crippen molar-refractivity contribution < 1.29 is 4.57 Å². The lowest BCUT2D eigenvalue weighted by molar-refractivity contribution is -0.660. The number of fused-ring (bicyclic) bond motifs is 4. The molecule has 0 radical (unpaired) electrons. The van der Waals surface area contributed by atoms with Crippen LogP contribution in [-0.4, -0.2) is 4.98 Å². The van der Waals surface area contributed by atoms with Gasteiger partial charge in [0.1, 0.15) is 7.05 Å². The number of rotatable bonds is 0. The van der Waals surface area contributed by atoms with Gasteiger partial charge in [0.05, 0.1) is 5.56 Å². The molecule has 0 N–H and O–H groups in total. The van der Waals surface area contributed by atoms with Crippen molar-refractivity contribution >= 4 is 0 Å². The number of nitrogens with zero attached hydrogens (tertiary/aromatic N) is 2. The van der Waals surface area contributed by atoms with Crippen molar-refractivity contribution in [2.75, 3.05) is 0 Å². The molecule has 2 heterocycles. The van der Waals surface area contributed by atoms with E-state index >= 15 is 0 Å². The van der Waals surface area contributed by atoms with Gasteiger partial charge < -0.3 is 0 Å². The van der Waals surface area contributed by atoms with Gasteiger partial charge in [-0.05, 0) is 72.1 Å². The Balaban J connectivity index is 1.81. The minimum absolute atomic E-state index is 1.02. The maximum Gasteiger partial charge on any atom is 0.213 e. The molecule has 0 amide bonds. The van der Waals surface area contributed by atoms with Crippen LogP contribution in [0.1, 0.15) is 47.2 Å². The Morgan fingerprint density at radius 3 is 2.69 bits per heavy atom. The Bertz CT molecular complexity index is 1020. The maximum absolute atomic E-state index is 4.76. The van der Waals surface area contributed by atoms with E-state index < -0.39 is 0 Å². The largest absolute Gasteiger partial charge is 0.261 e. The third kappa shape index (κ3) is 2.39. The third-order valence-corrected chi connectivity index (χ3v) is 6.16. The summed E-state index contributed by atoms with van der Waals surface area (Å²) in [6.45, 7) is 2.25. The first-order valence-corrected chi connectivity index (χ1v) is 9.81. The molecule has 3 aromatic rings. The van der Waals surface area contributed by atoms with E-state index in [9.17, 15) is 0 Å². The zero-order chi connectivity index (χ0) is 17.7. The molecule has 0 unspecified atom stereocenters. The van der Waals surface area contributed by atoms with Crippen LogP contribution in [0.3, 0.4) is 0 Å². The summed E-state index contributed by atoms with van der Waals surface area (Å²) in [7, 11) is 2.17. The molecule has 0 aliphatic heterocycles. The summed E-state index contributed by atoms with van der Waals surface area (Å²) in [5.74, 6) is 0. The first-order valence-electron chi connectivity index (χ1n) is 9.81. The number of benzene rings is 1. The van der Waals surface area contributed by atoms with E-state index in [1.807, 2.05) is 6.20 Å². The quantitative estimate of drug-likeness (QED) is 0.423. The standard InChI is InChI=1S/C24H25N2/c1-16-8-9-18-19-10-12-25-22-7-5-3-4-6-17-11-13-26(2)23(14-17)24(16)21(18)15-20(19)22/h8-14H,3-7,15H2,1-2H3/q+1. The molecule has 2 nitrogen and oxygen atoms in total. The van der Waals surface area contributed by atoms with Crippen LogP contribution in [0.2, 0.25) is 0 Å². The van der Waals surface area contributed by atoms with Crippen LogP contribution in [0.25, 0.3) is 22.4 Å². The van der Waals surface area contributed by atoms with Gasteiger partial charge in [-0.25, -0.2) is 4.57 Å². The van der Waals surface area contributed by atoms with Crippen LogP contribution in [0, 0.1) is 6.92 Å². The fraction of sp³-hybridized carbons (Fsp3) is 0.333. The monoisotopic (exact) mass is 341 g/mol. The SMILES string of the molecule is Cc1ccc2c3c1-c1cc(cc[n+]1C)CCCCCc1nccc-2c1C3. The van der Waals surface area contributed by atoms with Gasteiger partial charge in [-0.2, -0.15) is 0 Å². The summed E-state index contributed by atoms with van der Waals surface area (Å²) in [4.78, 5) is 4.76. The molecule has 0 saturated heterocycles. The maximum atomic E-state index is 4.76. The Hall–Kier alpha value is -2.48. The highest BCUT2D eigenvalue weighted by atomic mass is 14.9. The van der Waals surface area contributed by atoms with Crippen LogP contribution < -0.4 is 4.57 Å². The first kappa shape index (κ1) is 15.7. The molecule has 2 aliphatic rings. The predicted molar refractivity (Wildman–Crippen MR) is 105 cm³/mol. The highest BCUT2D eigenvalue weighted by Crippen LogP contribution is 2.43. The molecule has 1 aromatic carbocycles. The second kappa shape index (κ2) is 6.05. The molecule has 0 saturated carbocycles. The van der Waals surface area contributed by atoms with Crippen molar-refractivity contribution in [1.29, 1.82) is 0 Å². The van der Waals surface area contributed by atoms with E-state index in [0.29, 0.717) is 0 Å². The molecule has 2 heteroatoms. The van der Waals surface area contributed by atoms with Gasteiger partial charge in [0.25, 0.3) is 0 Å². The highest BCUT2D eigenvalue weighted by Gasteiger charge is 2.28. The summed E-state index contributed by atoms with van der Waals surface area (Å²) in [5, 5.41) is 0. The van der Waals surface area contributed by atoms with Gasteiger partial charge in [0.2, 0.25) is 5.69 Å². The number of pyridine rings is 2. The second-order valence-corrected chi connectivity index (χ2v) is 7.84. The lowest BCUT2D eigenvalue weighted by Gasteiger charge is -2.12. The summed E-state index contributed by atoms with van der Waals surface area (Å²) in [6, 6.07) is 11.5. The topological polar surface area (TPSA) is 16.8 Å². The lowest BCUT2D eigenvalue weighted by Crippen LogP contribution is -2.31. The zero-order valence-corrected chi connectivity index (χ0v) is 15.7. The number of hydrogen-bond donors (Lipinski definition) is 0. The zero-order valence-electron chi connectivity index (χ0n) is 15.7. The lowest BCUT2D eigenvalue weighted by atomic mass is 9.93. The van der Waals surface area contributed by atoms with Crippen molar-refractivity contribution in [3.63, 3.8) is 0 Å². The summed E-state index contributed by atoms with van der Waals surface area (Å²) in [6.07, 6.45) is 11.3. The summed E-state index contributed by atoms with van der Waals surface area (Å²) < 4.78 is 2.29. The average molecular weight is 341 g/mol. The minimum atomic E-state index is 1.02. The van der Waals surface area contributed by atoms with Crippen molar-refractivity contribution in [1.82, 2.24) is 4.98 Å². The van der Waals surface area contributed by atoms with Crippen LogP contribution >= 0.6 is 0 Å². The molecule has 2 aliphatic carbocycles. The molecule has 2 aromatic heterocycles. The van der Waals surface area contributed by atoms with E-state index in [-0.39, 0.29) is 0 Å². The van der Waals surface area contributed by atoms with Crippen LogP contribution in [0.4, 0.5) is 0 Å². The Morgan fingerprint density at radius 2 is 1.77 bits per heavy atom. The van der Waals surface area contributed by atoms with E-state index in [2.05, 4.69) is 55.1 Å². The van der Waals surface area contributed by atoms with Gasteiger partial charge in [-0.15, -0.1) is 0 Å². The molecule has 26 heavy (non-hydrogen) atoms. The van der Waals surface area contributed by atoms with Crippen molar-refractivity contribution in [2.45, 2.75) is 45.4 Å². The molecule has 0 spiro atoms. The van der Waals surface area contributed by atoms with E-state index in [1.165, 1.54) is 76.0 Å². The van der Waals surface area contributed by atoms with E-state index in [0.717, 1.165) is 12.8 Å². The first-order chi connectivity index (χ1) is 12.7. The van der Waals surface area contributed by atoms with Crippen LogP contribution in [0.15, 0.2) is 42.7 Å².